The number of aryl methyl sites for hydroxylation is 1. The molecule has 2 N–H and O–H groups in total. The van der Waals surface area contributed by atoms with Crippen LogP contribution in [0, 0.1) is 6.92 Å². The molecule has 2 aromatic rings. The zero-order valence-electron chi connectivity index (χ0n) is 15.9. The lowest BCUT2D eigenvalue weighted by Gasteiger charge is -2.29. The highest BCUT2D eigenvalue weighted by Crippen LogP contribution is 2.34. The second kappa shape index (κ2) is 6.99. The second-order valence-electron chi connectivity index (χ2n) is 7.98. The summed E-state index contributed by atoms with van der Waals surface area (Å²) in [5.74, 6) is 0.434. The fourth-order valence-corrected chi connectivity index (χ4v) is 3.71. The second-order valence-corrected chi connectivity index (χ2v) is 8.36. The van der Waals surface area contributed by atoms with Crippen LogP contribution in [-0.4, -0.2) is 39.2 Å². The molecule has 0 unspecified atom stereocenters. The number of carbonyl (C=O) groups excluding carboxylic acids is 1. The van der Waals surface area contributed by atoms with E-state index in [-0.39, 0.29) is 12.1 Å². The lowest BCUT2D eigenvalue weighted by molar-refractivity contribution is 0.0238. The number of amides is 1. The zero-order chi connectivity index (χ0) is 19.1. The summed E-state index contributed by atoms with van der Waals surface area (Å²) in [4.78, 5) is 18.8. The Morgan fingerprint density at radius 1 is 1.35 bits per heavy atom. The maximum absolute atomic E-state index is 12.6. The van der Waals surface area contributed by atoms with Gasteiger partial charge in [-0.1, -0.05) is 17.7 Å². The normalized spacial score (nSPS) is 18.8. The molecule has 1 aliphatic heterocycles. The van der Waals surface area contributed by atoms with Crippen molar-refractivity contribution in [2.45, 2.75) is 58.6 Å². The summed E-state index contributed by atoms with van der Waals surface area (Å²) < 4.78 is 7.56. The Kier molecular flexibility index (Phi) is 5.06. The van der Waals surface area contributed by atoms with Crippen LogP contribution in [0.5, 0.6) is 0 Å². The number of rotatable bonds is 1. The van der Waals surface area contributed by atoms with Crippen molar-refractivity contribution in [3.8, 4) is 0 Å². The van der Waals surface area contributed by atoms with Gasteiger partial charge in [0, 0.05) is 13.1 Å². The van der Waals surface area contributed by atoms with E-state index < -0.39 is 5.60 Å². The first-order valence-corrected chi connectivity index (χ1v) is 9.45. The molecule has 0 bridgehead atoms. The summed E-state index contributed by atoms with van der Waals surface area (Å²) in [6.07, 6.45) is 2.58. The molecule has 1 aromatic carbocycles. The van der Waals surface area contributed by atoms with Gasteiger partial charge in [-0.05, 0) is 58.6 Å². The van der Waals surface area contributed by atoms with Gasteiger partial charge in [0.15, 0.2) is 0 Å². The largest absolute Gasteiger partial charge is 0.444 e. The maximum atomic E-state index is 12.6. The Bertz CT molecular complexity index is 825. The molecule has 0 spiro atoms. The Morgan fingerprint density at radius 2 is 2.08 bits per heavy atom. The van der Waals surface area contributed by atoms with Crippen LogP contribution in [0.25, 0.3) is 11.0 Å². The number of nitrogens with zero attached hydrogens (tertiary/aromatic N) is 3. The van der Waals surface area contributed by atoms with Gasteiger partial charge in [0.25, 0.3) is 0 Å². The molecule has 0 radical (unpaired) electrons. The highest BCUT2D eigenvalue weighted by Gasteiger charge is 2.29. The van der Waals surface area contributed by atoms with Crippen molar-refractivity contribution < 1.29 is 9.53 Å². The number of halogens is 1. The first-order chi connectivity index (χ1) is 12.2. The van der Waals surface area contributed by atoms with Crippen LogP contribution in [0.4, 0.5) is 10.7 Å². The van der Waals surface area contributed by atoms with Crippen LogP contribution in [0.2, 0.25) is 5.02 Å². The number of nitrogens with two attached hydrogens (primary N) is 1. The van der Waals surface area contributed by atoms with E-state index in [1.807, 2.05) is 44.4 Å². The number of hydrogen-bond donors (Lipinski definition) is 1. The van der Waals surface area contributed by atoms with Gasteiger partial charge in [-0.3, -0.25) is 0 Å². The maximum Gasteiger partial charge on any atom is 0.410 e. The Labute approximate surface area is 159 Å². The molecule has 142 valence electrons. The predicted molar refractivity (Wildman–Crippen MR) is 105 cm³/mol. The molecule has 2 heterocycles. The minimum Gasteiger partial charge on any atom is -0.444 e. The first kappa shape index (κ1) is 18.8. The van der Waals surface area contributed by atoms with Gasteiger partial charge in [0.1, 0.15) is 5.60 Å². The van der Waals surface area contributed by atoms with Crippen LogP contribution >= 0.6 is 11.6 Å². The van der Waals surface area contributed by atoms with Gasteiger partial charge in [-0.2, -0.15) is 0 Å². The number of hydrogen-bond acceptors (Lipinski definition) is 4. The van der Waals surface area contributed by atoms with Crippen molar-refractivity contribution in [1.29, 1.82) is 0 Å². The average Bonchev–Trinajstić information content (AvgIpc) is 2.72. The molecule has 1 amide bonds. The van der Waals surface area contributed by atoms with Crippen LogP contribution < -0.4 is 5.73 Å². The molecule has 26 heavy (non-hydrogen) atoms. The quantitative estimate of drug-likeness (QED) is 0.790. The van der Waals surface area contributed by atoms with E-state index in [1.54, 1.807) is 4.90 Å². The monoisotopic (exact) mass is 378 g/mol. The van der Waals surface area contributed by atoms with Gasteiger partial charge in [-0.25, -0.2) is 9.78 Å². The van der Waals surface area contributed by atoms with Crippen LogP contribution in [0.1, 0.15) is 51.6 Å². The summed E-state index contributed by atoms with van der Waals surface area (Å²) in [5, 5.41) is 0.666. The summed E-state index contributed by atoms with van der Waals surface area (Å²) >= 11 is 6.57. The number of aromatic nitrogens is 2. The third kappa shape index (κ3) is 3.75. The van der Waals surface area contributed by atoms with Crippen LogP contribution in [-0.2, 0) is 4.74 Å². The Morgan fingerprint density at radius 3 is 2.77 bits per heavy atom. The fourth-order valence-electron chi connectivity index (χ4n) is 3.46. The summed E-state index contributed by atoms with van der Waals surface area (Å²) in [7, 11) is 0. The van der Waals surface area contributed by atoms with E-state index in [4.69, 9.17) is 22.1 Å². The molecule has 1 fully saturated rings. The number of imidazole rings is 1. The summed E-state index contributed by atoms with van der Waals surface area (Å²) in [5.41, 5.74) is 8.34. The van der Waals surface area contributed by atoms with Crippen molar-refractivity contribution in [3.63, 3.8) is 0 Å². The SMILES string of the molecule is Cc1ccc2nc(N)n([C@@H]3CCCCN(C(=O)OC(C)(C)C)C3)c2c1Cl. The number of benzene rings is 1. The number of fused-ring (bicyclic) bond motifs is 1. The molecular formula is C19H27ClN4O2. The fraction of sp³-hybridized carbons (Fsp3) is 0.579. The summed E-state index contributed by atoms with van der Waals surface area (Å²) in [6.45, 7) is 8.83. The van der Waals surface area contributed by atoms with E-state index in [9.17, 15) is 4.79 Å². The molecule has 0 saturated carbocycles. The highest BCUT2D eigenvalue weighted by molar-refractivity contribution is 6.35. The topological polar surface area (TPSA) is 73.4 Å². The van der Waals surface area contributed by atoms with E-state index in [0.717, 1.165) is 35.9 Å². The van der Waals surface area contributed by atoms with Crippen LogP contribution in [0.15, 0.2) is 12.1 Å². The molecule has 1 aliphatic rings. The van der Waals surface area contributed by atoms with Crippen molar-refractivity contribution in [3.05, 3.63) is 22.7 Å². The van der Waals surface area contributed by atoms with Gasteiger partial charge in [0.2, 0.25) is 5.95 Å². The predicted octanol–water partition coefficient (Wildman–Crippen LogP) is 4.54. The van der Waals surface area contributed by atoms with Gasteiger partial charge in [0.05, 0.1) is 22.1 Å². The van der Waals surface area contributed by atoms with E-state index >= 15 is 0 Å². The highest BCUT2D eigenvalue weighted by atomic mass is 35.5. The molecule has 3 rings (SSSR count). The van der Waals surface area contributed by atoms with Gasteiger partial charge in [-0.15, -0.1) is 0 Å². The van der Waals surface area contributed by atoms with Crippen LogP contribution in [0.3, 0.4) is 0 Å². The van der Waals surface area contributed by atoms with Crippen molar-refractivity contribution >= 4 is 34.7 Å². The van der Waals surface area contributed by atoms with Gasteiger partial charge >= 0.3 is 6.09 Å². The third-order valence-electron chi connectivity index (χ3n) is 4.67. The Hall–Kier alpha value is -1.95. The zero-order valence-corrected chi connectivity index (χ0v) is 16.6. The average molecular weight is 379 g/mol. The van der Waals surface area contributed by atoms with E-state index in [2.05, 4.69) is 4.98 Å². The standard InChI is InChI=1S/C19H27ClN4O2/c1-12-8-9-14-16(15(12)20)24(17(21)22-14)13-7-5-6-10-23(11-13)18(25)26-19(2,3)4/h8-9,13H,5-7,10-11H2,1-4H3,(H2,21,22)/t13-/m1/s1. The number of nitrogen functional groups attached to an aromatic ring is 1. The molecule has 0 aliphatic carbocycles. The van der Waals surface area contributed by atoms with Crippen molar-refractivity contribution in [2.24, 2.45) is 0 Å². The molecule has 1 aromatic heterocycles. The minimum absolute atomic E-state index is 0.0225. The molecule has 1 atom stereocenters. The smallest absolute Gasteiger partial charge is 0.410 e. The molecule has 7 heteroatoms. The molecule has 1 saturated heterocycles. The summed E-state index contributed by atoms with van der Waals surface area (Å²) in [6, 6.07) is 3.90. The van der Waals surface area contributed by atoms with Crippen molar-refractivity contribution in [2.75, 3.05) is 18.8 Å². The number of ether oxygens (including phenoxy) is 1. The molecular weight excluding hydrogens is 352 g/mol. The number of likely N-dealkylation sites (tertiary alicyclic amines) is 1. The van der Waals surface area contributed by atoms with E-state index in [1.165, 1.54) is 0 Å². The van der Waals surface area contributed by atoms with Crippen molar-refractivity contribution in [1.82, 2.24) is 14.5 Å². The third-order valence-corrected chi connectivity index (χ3v) is 5.15. The van der Waals surface area contributed by atoms with Gasteiger partial charge < -0.3 is 19.9 Å². The molecule has 6 nitrogen and oxygen atoms in total. The lowest BCUT2D eigenvalue weighted by atomic mass is 10.1. The number of carbonyl (C=O) groups is 1. The lowest BCUT2D eigenvalue weighted by Crippen LogP contribution is -2.39. The number of anilines is 1. The van der Waals surface area contributed by atoms with E-state index in [0.29, 0.717) is 24.1 Å². The Balaban J connectivity index is 1.96. The first-order valence-electron chi connectivity index (χ1n) is 9.08. The minimum atomic E-state index is -0.514.